The Kier molecular flexibility index (Phi) is 2.78. The Labute approximate surface area is 68.1 Å². The van der Waals surface area contributed by atoms with Gasteiger partial charge in [-0.3, -0.25) is 4.57 Å². The molecule has 0 radical (unpaired) electrons. The summed E-state index contributed by atoms with van der Waals surface area (Å²) in [4.78, 5) is 20.9. The summed E-state index contributed by atoms with van der Waals surface area (Å²) in [5, 5.41) is 2.56. The van der Waals surface area contributed by atoms with Gasteiger partial charge in [0.2, 0.25) is 0 Å². The Morgan fingerprint density at radius 1 is 1.64 bits per heavy atom. The van der Waals surface area contributed by atoms with Crippen molar-refractivity contribution in [2.24, 2.45) is 0 Å². The van der Waals surface area contributed by atoms with Crippen LogP contribution in [0.15, 0.2) is 11.6 Å². The average molecular weight is 193 g/mol. The van der Waals surface area contributed by atoms with Gasteiger partial charge < -0.3 is 9.79 Å². The van der Waals surface area contributed by atoms with Gasteiger partial charge in [0.05, 0.1) is 11.2 Å². The summed E-state index contributed by atoms with van der Waals surface area (Å²) >= 11 is 1.41. The van der Waals surface area contributed by atoms with E-state index < -0.39 is 7.60 Å². The lowest BCUT2D eigenvalue weighted by Crippen LogP contribution is -1.92. The van der Waals surface area contributed by atoms with Gasteiger partial charge in [0.1, 0.15) is 0 Å². The number of nitrogens with zero attached hydrogens (tertiary/aromatic N) is 1. The second-order valence-corrected chi connectivity index (χ2v) is 4.82. The van der Waals surface area contributed by atoms with Gasteiger partial charge in [-0.2, -0.15) is 0 Å². The van der Waals surface area contributed by atoms with E-state index in [1.165, 1.54) is 11.3 Å². The molecule has 1 aromatic heterocycles. The van der Waals surface area contributed by atoms with E-state index in [-0.39, 0.29) is 6.16 Å². The van der Waals surface area contributed by atoms with Gasteiger partial charge in [0.15, 0.2) is 0 Å². The number of rotatable bonds is 3. The first-order valence-corrected chi connectivity index (χ1v) is 5.68. The fraction of sp³-hybridized carbons (Fsp3) is 0.400. The highest BCUT2D eigenvalue weighted by Gasteiger charge is 2.12. The summed E-state index contributed by atoms with van der Waals surface area (Å²) < 4.78 is 10.4. The van der Waals surface area contributed by atoms with Crippen LogP contribution in [-0.4, -0.2) is 20.9 Å². The third kappa shape index (κ3) is 3.62. The van der Waals surface area contributed by atoms with Crippen molar-refractivity contribution in [3.05, 3.63) is 16.6 Å². The minimum Gasteiger partial charge on any atom is -0.324 e. The molecule has 0 amide bonds. The molecule has 0 spiro atoms. The predicted molar refractivity (Wildman–Crippen MR) is 42.7 cm³/mol. The quantitative estimate of drug-likeness (QED) is 0.698. The van der Waals surface area contributed by atoms with Crippen LogP contribution < -0.4 is 0 Å². The van der Waals surface area contributed by atoms with E-state index in [0.717, 1.165) is 5.01 Å². The molecule has 0 aromatic carbocycles. The van der Waals surface area contributed by atoms with Gasteiger partial charge >= 0.3 is 7.60 Å². The van der Waals surface area contributed by atoms with Gasteiger partial charge in [-0.1, -0.05) is 0 Å². The SMILES string of the molecule is O=P(O)(O)CCc1nccs1. The maximum atomic E-state index is 10.4. The lowest BCUT2D eigenvalue weighted by molar-refractivity contribution is 0.373. The molecule has 11 heavy (non-hydrogen) atoms. The Hall–Kier alpha value is -0.220. The van der Waals surface area contributed by atoms with Crippen molar-refractivity contribution >= 4 is 18.9 Å². The number of aromatic nitrogens is 1. The minimum absolute atomic E-state index is 0.111. The van der Waals surface area contributed by atoms with Crippen LogP contribution in [0.2, 0.25) is 0 Å². The van der Waals surface area contributed by atoms with Crippen LogP contribution in [0.3, 0.4) is 0 Å². The van der Waals surface area contributed by atoms with Crippen LogP contribution in [0.5, 0.6) is 0 Å². The van der Waals surface area contributed by atoms with Gasteiger partial charge in [0, 0.05) is 18.0 Å². The summed E-state index contributed by atoms with van der Waals surface area (Å²) in [6.45, 7) is 0. The summed E-state index contributed by atoms with van der Waals surface area (Å²) in [5.41, 5.74) is 0. The molecule has 0 unspecified atom stereocenters. The first-order chi connectivity index (χ1) is 5.08. The predicted octanol–water partition coefficient (Wildman–Crippen LogP) is 0.863. The van der Waals surface area contributed by atoms with E-state index in [9.17, 15) is 4.57 Å². The fourth-order valence-electron chi connectivity index (χ4n) is 0.618. The average Bonchev–Trinajstić information content (AvgIpc) is 2.32. The molecule has 4 nitrogen and oxygen atoms in total. The van der Waals surface area contributed by atoms with Crippen LogP contribution in [0.1, 0.15) is 5.01 Å². The smallest absolute Gasteiger partial charge is 0.324 e. The van der Waals surface area contributed by atoms with E-state index in [4.69, 9.17) is 9.79 Å². The Morgan fingerprint density at radius 3 is 2.82 bits per heavy atom. The number of aryl methyl sites for hydroxylation is 1. The summed E-state index contributed by atoms with van der Waals surface area (Å²) in [6.07, 6.45) is 1.88. The van der Waals surface area contributed by atoms with E-state index in [1.54, 1.807) is 11.6 Å². The van der Waals surface area contributed by atoms with E-state index in [1.807, 2.05) is 0 Å². The number of hydrogen-bond donors (Lipinski definition) is 2. The molecular weight excluding hydrogens is 185 g/mol. The highest BCUT2D eigenvalue weighted by Crippen LogP contribution is 2.34. The second kappa shape index (κ2) is 3.45. The highest BCUT2D eigenvalue weighted by molar-refractivity contribution is 7.51. The molecule has 0 aliphatic heterocycles. The minimum atomic E-state index is -3.84. The van der Waals surface area contributed by atoms with Crippen molar-refractivity contribution in [2.75, 3.05) is 6.16 Å². The molecule has 1 rings (SSSR count). The lowest BCUT2D eigenvalue weighted by atomic mass is 10.5. The molecule has 2 N–H and O–H groups in total. The Morgan fingerprint density at radius 2 is 2.36 bits per heavy atom. The van der Waals surface area contributed by atoms with Gasteiger partial charge in [-0.25, -0.2) is 4.98 Å². The third-order valence-corrected chi connectivity index (χ3v) is 2.75. The third-order valence-electron chi connectivity index (χ3n) is 1.10. The zero-order valence-corrected chi connectivity index (χ0v) is 7.39. The highest BCUT2D eigenvalue weighted by atomic mass is 32.1. The fourth-order valence-corrected chi connectivity index (χ4v) is 1.89. The monoisotopic (exact) mass is 193 g/mol. The van der Waals surface area contributed by atoms with Crippen LogP contribution in [0, 0.1) is 0 Å². The zero-order chi connectivity index (χ0) is 8.32. The molecule has 0 fully saturated rings. The molecule has 0 aliphatic carbocycles. The second-order valence-electron chi connectivity index (χ2n) is 2.06. The van der Waals surface area contributed by atoms with Crippen molar-refractivity contribution in [3.8, 4) is 0 Å². The Bertz CT molecular complexity index is 255. The summed E-state index contributed by atoms with van der Waals surface area (Å²) in [7, 11) is -3.84. The van der Waals surface area contributed by atoms with Crippen molar-refractivity contribution < 1.29 is 14.4 Å². The molecule has 1 aromatic rings. The van der Waals surface area contributed by atoms with Crippen LogP contribution in [0.25, 0.3) is 0 Å². The van der Waals surface area contributed by atoms with E-state index >= 15 is 0 Å². The van der Waals surface area contributed by atoms with E-state index in [2.05, 4.69) is 4.98 Å². The molecule has 0 atom stereocenters. The van der Waals surface area contributed by atoms with Crippen molar-refractivity contribution in [1.29, 1.82) is 0 Å². The molecular formula is C5H8NO3PS. The topological polar surface area (TPSA) is 70.4 Å². The van der Waals surface area contributed by atoms with E-state index in [0.29, 0.717) is 6.42 Å². The Balaban J connectivity index is 2.41. The zero-order valence-electron chi connectivity index (χ0n) is 5.67. The molecule has 6 heteroatoms. The molecule has 0 saturated heterocycles. The largest absolute Gasteiger partial charge is 0.325 e. The maximum Gasteiger partial charge on any atom is 0.325 e. The molecule has 62 valence electrons. The first kappa shape index (κ1) is 8.87. The standard InChI is InChI=1S/C5H8NO3PS/c7-10(8,9)3-1-5-6-2-4-11-5/h2,4H,1,3H2,(H2,7,8,9). The van der Waals surface area contributed by atoms with Crippen molar-refractivity contribution in [2.45, 2.75) is 6.42 Å². The first-order valence-electron chi connectivity index (χ1n) is 3.01. The normalized spacial score (nSPS) is 11.8. The molecule has 0 bridgehead atoms. The number of hydrogen-bond acceptors (Lipinski definition) is 3. The summed E-state index contributed by atoms with van der Waals surface area (Å²) in [6, 6.07) is 0. The molecule has 1 heterocycles. The number of thiazole rings is 1. The molecule has 0 saturated carbocycles. The van der Waals surface area contributed by atoms with Crippen LogP contribution in [0.4, 0.5) is 0 Å². The van der Waals surface area contributed by atoms with Gasteiger partial charge in [0.25, 0.3) is 0 Å². The van der Waals surface area contributed by atoms with Gasteiger partial charge in [-0.05, 0) is 0 Å². The lowest BCUT2D eigenvalue weighted by Gasteiger charge is -1.99. The summed E-state index contributed by atoms with van der Waals surface area (Å²) in [5.74, 6) is 0. The van der Waals surface area contributed by atoms with Crippen LogP contribution in [-0.2, 0) is 11.0 Å². The molecule has 0 aliphatic rings. The maximum absolute atomic E-state index is 10.4. The van der Waals surface area contributed by atoms with Crippen molar-refractivity contribution in [3.63, 3.8) is 0 Å². The van der Waals surface area contributed by atoms with Gasteiger partial charge in [-0.15, -0.1) is 11.3 Å². The van der Waals surface area contributed by atoms with Crippen molar-refractivity contribution in [1.82, 2.24) is 4.98 Å². The van der Waals surface area contributed by atoms with Crippen LogP contribution >= 0.6 is 18.9 Å².